The summed E-state index contributed by atoms with van der Waals surface area (Å²) in [5.74, 6) is 0.618. The molecule has 3 rings (SSSR count). The molecule has 0 bridgehead atoms. The molecular weight excluding hydrogens is 346 g/mol. The number of anilines is 1. The number of halogens is 1. The van der Waals surface area contributed by atoms with E-state index in [4.69, 9.17) is 11.6 Å². The molecule has 0 saturated carbocycles. The average molecular weight is 362 g/mol. The van der Waals surface area contributed by atoms with Crippen LogP contribution in [0.1, 0.15) is 5.56 Å². The molecule has 2 aromatic carbocycles. The Kier molecular flexibility index (Phi) is 4.69. The van der Waals surface area contributed by atoms with Gasteiger partial charge in [-0.15, -0.1) is 0 Å². The number of benzene rings is 2. The van der Waals surface area contributed by atoms with Gasteiger partial charge in [0, 0.05) is 23.2 Å². The maximum atomic E-state index is 11.7. The first-order valence-electron chi connectivity index (χ1n) is 7.36. The fraction of sp³-hybridized carbons (Fsp3) is 0.176. The number of aromatic nitrogens is 2. The highest BCUT2D eigenvalue weighted by Crippen LogP contribution is 2.23. The van der Waals surface area contributed by atoms with Crippen molar-refractivity contribution < 1.29 is 8.42 Å². The van der Waals surface area contributed by atoms with Gasteiger partial charge in [0.15, 0.2) is 9.84 Å². The summed E-state index contributed by atoms with van der Waals surface area (Å²) in [7, 11) is -3.28. The molecule has 0 aliphatic heterocycles. The third-order valence-electron chi connectivity index (χ3n) is 3.63. The Morgan fingerprint density at radius 3 is 2.71 bits per heavy atom. The predicted molar refractivity (Wildman–Crippen MR) is 96.3 cm³/mol. The second kappa shape index (κ2) is 6.75. The maximum Gasteiger partial charge on any atom is 0.175 e. The van der Waals surface area contributed by atoms with Gasteiger partial charge in [-0.25, -0.2) is 18.4 Å². The molecular formula is C17H16ClN3O2S. The summed E-state index contributed by atoms with van der Waals surface area (Å²) < 4.78 is 23.5. The van der Waals surface area contributed by atoms with Gasteiger partial charge in [-0.1, -0.05) is 23.7 Å². The number of hydrogen-bond donors (Lipinski definition) is 1. The lowest BCUT2D eigenvalue weighted by Crippen LogP contribution is -2.07. The van der Waals surface area contributed by atoms with Crippen LogP contribution in [0.2, 0.25) is 5.02 Å². The molecule has 24 heavy (non-hydrogen) atoms. The fourth-order valence-corrected chi connectivity index (χ4v) is 3.29. The third kappa shape index (κ3) is 3.83. The van der Waals surface area contributed by atoms with Crippen LogP contribution in [0, 0.1) is 0 Å². The van der Waals surface area contributed by atoms with Crippen molar-refractivity contribution in [3.05, 3.63) is 59.4 Å². The van der Waals surface area contributed by atoms with Gasteiger partial charge in [-0.3, -0.25) is 0 Å². The van der Waals surface area contributed by atoms with E-state index in [0.717, 1.165) is 12.0 Å². The molecule has 1 aromatic heterocycles. The summed E-state index contributed by atoms with van der Waals surface area (Å²) in [4.78, 5) is 8.67. The quantitative estimate of drug-likeness (QED) is 0.754. The van der Waals surface area contributed by atoms with Gasteiger partial charge in [-0.2, -0.15) is 0 Å². The number of nitrogens with one attached hydrogen (secondary N) is 1. The number of nitrogens with zero attached hydrogens (tertiary/aromatic N) is 2. The van der Waals surface area contributed by atoms with Gasteiger partial charge in [0.25, 0.3) is 0 Å². The summed E-state index contributed by atoms with van der Waals surface area (Å²) in [5.41, 5.74) is 1.81. The highest BCUT2D eigenvalue weighted by molar-refractivity contribution is 7.90. The minimum atomic E-state index is -3.28. The van der Waals surface area contributed by atoms with Gasteiger partial charge in [0.05, 0.1) is 10.4 Å². The lowest BCUT2D eigenvalue weighted by molar-refractivity contribution is 0.602. The molecule has 0 amide bonds. The first-order chi connectivity index (χ1) is 11.4. The molecule has 0 radical (unpaired) electrons. The van der Waals surface area contributed by atoms with Crippen LogP contribution < -0.4 is 5.32 Å². The van der Waals surface area contributed by atoms with E-state index in [-0.39, 0.29) is 4.90 Å². The monoisotopic (exact) mass is 361 g/mol. The normalized spacial score (nSPS) is 11.6. The SMILES string of the molecule is CS(=O)(=O)c1ccc2ncnc(NCCc3cccc(Cl)c3)c2c1. The standard InChI is InChI=1S/C17H16ClN3O2S/c1-24(22,23)14-5-6-16-15(10-14)17(21-11-20-16)19-8-7-12-3-2-4-13(18)9-12/h2-6,9-11H,7-8H2,1H3,(H,19,20,21). The van der Waals surface area contributed by atoms with Crippen LogP contribution in [0.3, 0.4) is 0 Å². The Hall–Kier alpha value is -2.18. The maximum absolute atomic E-state index is 11.7. The van der Waals surface area contributed by atoms with Crippen LogP contribution in [-0.4, -0.2) is 31.2 Å². The molecule has 5 nitrogen and oxygen atoms in total. The fourth-order valence-electron chi connectivity index (χ4n) is 2.42. The van der Waals surface area contributed by atoms with Crippen molar-refractivity contribution in [1.82, 2.24) is 9.97 Å². The zero-order valence-electron chi connectivity index (χ0n) is 13.0. The van der Waals surface area contributed by atoms with Crippen molar-refractivity contribution in [3.63, 3.8) is 0 Å². The van der Waals surface area contributed by atoms with Crippen LogP contribution in [-0.2, 0) is 16.3 Å². The Morgan fingerprint density at radius 2 is 1.96 bits per heavy atom. The molecule has 0 aliphatic rings. The lowest BCUT2D eigenvalue weighted by Gasteiger charge is -2.09. The van der Waals surface area contributed by atoms with Crippen molar-refractivity contribution >= 4 is 38.2 Å². The highest BCUT2D eigenvalue weighted by Gasteiger charge is 2.11. The third-order valence-corrected chi connectivity index (χ3v) is 4.98. The predicted octanol–water partition coefficient (Wildman–Crippen LogP) is 3.34. The number of rotatable bonds is 5. The van der Waals surface area contributed by atoms with Gasteiger partial charge < -0.3 is 5.32 Å². The molecule has 1 heterocycles. The molecule has 3 aromatic rings. The number of hydrogen-bond acceptors (Lipinski definition) is 5. The highest BCUT2D eigenvalue weighted by atomic mass is 35.5. The van der Waals surface area contributed by atoms with Crippen molar-refractivity contribution in [3.8, 4) is 0 Å². The van der Waals surface area contributed by atoms with Crippen LogP contribution in [0.4, 0.5) is 5.82 Å². The molecule has 1 N–H and O–H groups in total. The van der Waals surface area contributed by atoms with E-state index in [2.05, 4.69) is 15.3 Å². The van der Waals surface area contributed by atoms with E-state index in [0.29, 0.717) is 28.3 Å². The molecule has 7 heteroatoms. The zero-order chi connectivity index (χ0) is 17.2. The zero-order valence-corrected chi connectivity index (χ0v) is 14.6. The summed E-state index contributed by atoms with van der Waals surface area (Å²) in [6.45, 7) is 0.648. The van der Waals surface area contributed by atoms with Gasteiger partial charge >= 0.3 is 0 Å². The summed E-state index contributed by atoms with van der Waals surface area (Å²) in [6, 6.07) is 12.5. The van der Waals surface area contributed by atoms with Crippen molar-refractivity contribution in [1.29, 1.82) is 0 Å². The van der Waals surface area contributed by atoms with Crippen LogP contribution >= 0.6 is 11.6 Å². The van der Waals surface area contributed by atoms with Crippen molar-refractivity contribution in [2.45, 2.75) is 11.3 Å². The summed E-state index contributed by atoms with van der Waals surface area (Å²) >= 11 is 5.98. The largest absolute Gasteiger partial charge is 0.369 e. The Morgan fingerprint density at radius 1 is 1.12 bits per heavy atom. The van der Waals surface area contributed by atoms with Crippen LogP contribution in [0.15, 0.2) is 53.7 Å². The molecule has 0 atom stereocenters. The molecule has 0 spiro atoms. The second-order valence-electron chi connectivity index (χ2n) is 5.48. The van der Waals surface area contributed by atoms with Crippen LogP contribution in [0.5, 0.6) is 0 Å². The van der Waals surface area contributed by atoms with E-state index < -0.39 is 9.84 Å². The van der Waals surface area contributed by atoms with E-state index in [1.165, 1.54) is 12.6 Å². The molecule has 0 fully saturated rings. The summed E-state index contributed by atoms with van der Waals surface area (Å²) in [6.07, 6.45) is 3.42. The van der Waals surface area contributed by atoms with Crippen molar-refractivity contribution in [2.75, 3.05) is 18.1 Å². The smallest absolute Gasteiger partial charge is 0.175 e. The van der Waals surface area contributed by atoms with E-state index in [9.17, 15) is 8.42 Å². The van der Waals surface area contributed by atoms with Crippen molar-refractivity contribution in [2.24, 2.45) is 0 Å². The lowest BCUT2D eigenvalue weighted by atomic mass is 10.1. The van der Waals surface area contributed by atoms with E-state index in [1.807, 2.05) is 24.3 Å². The van der Waals surface area contributed by atoms with Gasteiger partial charge in [0.2, 0.25) is 0 Å². The first kappa shape index (κ1) is 16.7. The summed E-state index contributed by atoms with van der Waals surface area (Å²) in [5, 5.41) is 4.64. The molecule has 0 unspecified atom stereocenters. The van der Waals surface area contributed by atoms with Gasteiger partial charge in [-0.05, 0) is 42.3 Å². The molecule has 124 valence electrons. The number of fused-ring (bicyclic) bond motifs is 1. The second-order valence-corrected chi connectivity index (χ2v) is 7.93. The Labute approximate surface area is 145 Å². The first-order valence-corrected chi connectivity index (χ1v) is 9.63. The topological polar surface area (TPSA) is 72.0 Å². The molecule has 0 saturated heterocycles. The number of sulfone groups is 1. The van der Waals surface area contributed by atoms with Crippen LogP contribution in [0.25, 0.3) is 10.9 Å². The average Bonchev–Trinajstić information content (AvgIpc) is 2.54. The van der Waals surface area contributed by atoms with Gasteiger partial charge in [0.1, 0.15) is 12.1 Å². The minimum absolute atomic E-state index is 0.252. The molecule has 0 aliphatic carbocycles. The Bertz CT molecular complexity index is 990. The minimum Gasteiger partial charge on any atom is -0.369 e. The Balaban J connectivity index is 1.83. The van der Waals surface area contributed by atoms with E-state index in [1.54, 1.807) is 18.2 Å². The van der Waals surface area contributed by atoms with E-state index >= 15 is 0 Å².